The molecule has 0 amide bonds. The molecule has 0 atom stereocenters. The van der Waals surface area contributed by atoms with Gasteiger partial charge >= 0.3 is 0 Å². The van der Waals surface area contributed by atoms with Crippen molar-refractivity contribution in [3.63, 3.8) is 0 Å². The number of hydrogen-bond acceptors (Lipinski definition) is 6. The summed E-state index contributed by atoms with van der Waals surface area (Å²) < 4.78 is 55.7. The smallest absolute Gasteiger partial charge is 0.264 e. The van der Waals surface area contributed by atoms with Gasteiger partial charge in [0, 0.05) is 24.9 Å². The molecule has 3 aromatic rings. The molecule has 0 fully saturated rings. The summed E-state index contributed by atoms with van der Waals surface area (Å²) in [5.41, 5.74) is 0.610. The topological polar surface area (TPSA) is 113 Å². The molecule has 1 aromatic carbocycles. The molecule has 1 N–H and O–H groups in total. The highest BCUT2D eigenvalue weighted by atomic mass is 35.5. The predicted molar refractivity (Wildman–Crippen MR) is 111 cm³/mol. The quantitative estimate of drug-likeness (QED) is 0.443. The Bertz CT molecular complexity index is 1360. The first-order valence-corrected chi connectivity index (χ1v) is 10.3. The Labute approximate surface area is 181 Å². The number of benzene rings is 1. The number of nitrogens with zero attached hydrogens (tertiary/aromatic N) is 5. The molecule has 2 aromatic heterocycles. The van der Waals surface area contributed by atoms with Gasteiger partial charge in [-0.1, -0.05) is 18.2 Å². The van der Waals surface area contributed by atoms with Crippen molar-refractivity contribution in [3.05, 3.63) is 77.2 Å². The van der Waals surface area contributed by atoms with E-state index in [1.165, 1.54) is 29.2 Å². The second-order valence-electron chi connectivity index (χ2n) is 6.06. The molecule has 0 spiro atoms. The highest BCUT2D eigenvalue weighted by Crippen LogP contribution is 2.26. The minimum absolute atomic E-state index is 0.164. The fourth-order valence-corrected chi connectivity index (χ4v) is 3.86. The zero-order valence-electron chi connectivity index (χ0n) is 15.8. The number of nitrogens with one attached hydrogen (secondary N) is 1. The lowest BCUT2D eigenvalue weighted by Crippen LogP contribution is -2.16. The van der Waals surface area contributed by atoms with Gasteiger partial charge in [0.15, 0.2) is 11.0 Å². The second-order valence-corrected chi connectivity index (χ2v) is 8.07. The van der Waals surface area contributed by atoms with E-state index >= 15 is 0 Å². The first kappa shape index (κ1) is 22.1. The van der Waals surface area contributed by atoms with Gasteiger partial charge in [-0.3, -0.25) is 4.72 Å². The summed E-state index contributed by atoms with van der Waals surface area (Å²) in [6.07, 6.45) is 4.04. The summed E-state index contributed by atoms with van der Waals surface area (Å²) in [5.74, 6) is -1.93. The van der Waals surface area contributed by atoms with Crippen molar-refractivity contribution < 1.29 is 17.2 Å². The summed E-state index contributed by atoms with van der Waals surface area (Å²) in [4.78, 5) is 7.50. The molecule has 0 saturated carbocycles. The fourth-order valence-electron chi connectivity index (χ4n) is 2.54. The number of nitriles is 1. The van der Waals surface area contributed by atoms with Crippen LogP contribution in [0.25, 0.3) is 0 Å². The van der Waals surface area contributed by atoms with Crippen molar-refractivity contribution in [2.75, 3.05) is 4.72 Å². The molecule has 0 aliphatic heterocycles. The van der Waals surface area contributed by atoms with Gasteiger partial charge < -0.3 is 0 Å². The van der Waals surface area contributed by atoms with Crippen molar-refractivity contribution in [2.24, 2.45) is 12.0 Å². The lowest BCUT2D eigenvalue weighted by Gasteiger charge is -2.11. The molecule has 2 heterocycles. The van der Waals surface area contributed by atoms with Crippen LogP contribution in [0.2, 0.25) is 5.15 Å². The Morgan fingerprint density at radius 1 is 1.35 bits per heavy atom. The monoisotopic (exact) mass is 462 g/mol. The average molecular weight is 463 g/mol. The number of hydrogen-bond donors (Lipinski definition) is 1. The summed E-state index contributed by atoms with van der Waals surface area (Å²) in [7, 11) is -2.84. The number of sulfonamides is 1. The Morgan fingerprint density at radius 2 is 2.10 bits per heavy atom. The minimum Gasteiger partial charge on any atom is -0.276 e. The summed E-state index contributed by atoms with van der Waals surface area (Å²) in [5, 5.41) is 12.9. The van der Waals surface area contributed by atoms with Crippen LogP contribution in [0.4, 0.5) is 20.3 Å². The molecule has 0 unspecified atom stereocenters. The number of halogens is 3. The Hall–Kier alpha value is -3.62. The van der Waals surface area contributed by atoms with Crippen molar-refractivity contribution >= 4 is 38.8 Å². The highest BCUT2D eigenvalue weighted by molar-refractivity contribution is 7.92. The SMILES string of the molecule is C=CC(=Nc1c(C#N)cnn1C)c1cnc(Cl)c(NS(=O)(=O)c2ccc(F)cc2F)c1. The van der Waals surface area contributed by atoms with Gasteiger partial charge in [0.25, 0.3) is 10.0 Å². The summed E-state index contributed by atoms with van der Waals surface area (Å²) in [6, 6.07) is 5.34. The fraction of sp³-hybridized carbons (Fsp3) is 0.0526. The van der Waals surface area contributed by atoms with Crippen LogP contribution >= 0.6 is 11.6 Å². The average Bonchev–Trinajstić information content (AvgIpc) is 3.06. The van der Waals surface area contributed by atoms with Gasteiger partial charge in [0.05, 0.1) is 17.6 Å². The molecule has 158 valence electrons. The van der Waals surface area contributed by atoms with Gasteiger partial charge in [0.2, 0.25) is 0 Å². The van der Waals surface area contributed by atoms with Crippen LogP contribution in [-0.2, 0) is 17.1 Å². The van der Waals surface area contributed by atoms with Crippen LogP contribution < -0.4 is 4.72 Å². The van der Waals surface area contributed by atoms with Crippen LogP contribution in [0.3, 0.4) is 0 Å². The number of pyridine rings is 1. The molecule has 12 heteroatoms. The number of aromatic nitrogens is 3. The highest BCUT2D eigenvalue weighted by Gasteiger charge is 2.22. The predicted octanol–water partition coefficient (Wildman–Crippen LogP) is 3.73. The van der Waals surface area contributed by atoms with Gasteiger partial charge in [-0.05, 0) is 24.3 Å². The zero-order chi connectivity index (χ0) is 22.8. The first-order chi connectivity index (χ1) is 14.7. The maximum atomic E-state index is 14.0. The van der Waals surface area contributed by atoms with Gasteiger partial charge in [-0.2, -0.15) is 10.4 Å². The summed E-state index contributed by atoms with van der Waals surface area (Å²) in [6.45, 7) is 3.67. The first-order valence-electron chi connectivity index (χ1n) is 8.43. The molecule has 0 saturated heterocycles. The molecule has 8 nitrogen and oxygen atoms in total. The Balaban J connectivity index is 2.03. The zero-order valence-corrected chi connectivity index (χ0v) is 17.4. The molecular weight excluding hydrogens is 450 g/mol. The third kappa shape index (κ3) is 4.60. The number of allylic oxidation sites excluding steroid dienone is 1. The number of aliphatic imine (C=N–C) groups is 1. The maximum absolute atomic E-state index is 14.0. The van der Waals surface area contributed by atoms with Crippen molar-refractivity contribution in [1.82, 2.24) is 14.8 Å². The van der Waals surface area contributed by atoms with E-state index in [1.54, 1.807) is 7.05 Å². The maximum Gasteiger partial charge on any atom is 0.264 e. The third-order valence-corrected chi connectivity index (χ3v) is 5.71. The normalized spacial score (nSPS) is 11.8. The van der Waals surface area contributed by atoms with Crippen LogP contribution in [0.5, 0.6) is 0 Å². The molecule has 0 aliphatic carbocycles. The van der Waals surface area contributed by atoms with E-state index in [9.17, 15) is 22.5 Å². The molecule has 0 bridgehead atoms. The largest absolute Gasteiger partial charge is 0.276 e. The number of rotatable bonds is 6. The van der Waals surface area contributed by atoms with Gasteiger partial charge in [-0.25, -0.2) is 31.9 Å². The van der Waals surface area contributed by atoms with Crippen molar-refractivity contribution in [2.45, 2.75) is 4.90 Å². The number of anilines is 1. The van der Waals surface area contributed by atoms with Crippen LogP contribution in [0.15, 0.2) is 59.2 Å². The van der Waals surface area contributed by atoms with Crippen molar-refractivity contribution in [3.8, 4) is 6.07 Å². The van der Waals surface area contributed by atoms with Crippen LogP contribution in [-0.4, -0.2) is 28.9 Å². The molecule has 3 rings (SSSR count). The Kier molecular flexibility index (Phi) is 6.14. The molecule has 0 aliphatic rings. The lowest BCUT2D eigenvalue weighted by atomic mass is 10.1. The summed E-state index contributed by atoms with van der Waals surface area (Å²) >= 11 is 6.00. The van der Waals surface area contributed by atoms with E-state index in [1.807, 2.05) is 6.07 Å². The number of aryl methyl sites for hydroxylation is 1. The third-order valence-electron chi connectivity index (χ3n) is 4.01. The Morgan fingerprint density at radius 3 is 2.74 bits per heavy atom. The van der Waals surface area contributed by atoms with Crippen LogP contribution in [0, 0.1) is 23.0 Å². The van der Waals surface area contributed by atoms with E-state index in [4.69, 9.17) is 11.6 Å². The van der Waals surface area contributed by atoms with Crippen molar-refractivity contribution in [1.29, 1.82) is 5.26 Å². The van der Waals surface area contributed by atoms with Gasteiger partial charge in [-0.15, -0.1) is 0 Å². The van der Waals surface area contributed by atoms with E-state index in [0.717, 1.165) is 12.1 Å². The standard InChI is InChI=1S/C19H13ClF2N6O2S/c1-3-15(26-19-12(8-23)10-25-28(19)2)11-6-16(18(20)24-9-11)27-31(29,30)17-5-4-13(21)7-14(17)22/h3-7,9-10,27H,1H2,2H3. The molecular formula is C19H13ClF2N6O2S. The van der Waals surface area contributed by atoms with Crippen LogP contribution in [0.1, 0.15) is 11.1 Å². The van der Waals surface area contributed by atoms with E-state index in [2.05, 4.69) is 26.4 Å². The minimum atomic E-state index is -4.44. The van der Waals surface area contributed by atoms with E-state index < -0.39 is 26.6 Å². The lowest BCUT2D eigenvalue weighted by molar-refractivity contribution is 0.551. The van der Waals surface area contributed by atoms with Gasteiger partial charge in [0.1, 0.15) is 28.2 Å². The molecule has 31 heavy (non-hydrogen) atoms. The van der Waals surface area contributed by atoms with E-state index in [0.29, 0.717) is 11.6 Å². The van der Waals surface area contributed by atoms with E-state index in [-0.39, 0.29) is 27.9 Å². The molecule has 0 radical (unpaired) electrons. The second kappa shape index (κ2) is 8.63.